The summed E-state index contributed by atoms with van der Waals surface area (Å²) in [4.78, 5) is 5.12. The Kier molecular flexibility index (Phi) is 4.12. The molecule has 0 saturated heterocycles. The average molecular weight is 208 g/mol. The van der Waals surface area contributed by atoms with Crippen molar-refractivity contribution in [3.05, 3.63) is 29.3 Å². The SMILES string of the molecule is CC(C)c1cc(ONN)cc(C(C)C)c1. The average Bonchev–Trinajstić information content (AvgIpc) is 2.17. The fourth-order valence-corrected chi connectivity index (χ4v) is 1.44. The summed E-state index contributed by atoms with van der Waals surface area (Å²) in [5.74, 6) is 6.89. The van der Waals surface area contributed by atoms with Crippen LogP contribution in [0.15, 0.2) is 18.2 Å². The quantitative estimate of drug-likeness (QED) is 0.590. The van der Waals surface area contributed by atoms with E-state index in [4.69, 9.17) is 10.7 Å². The first-order valence-corrected chi connectivity index (χ1v) is 5.32. The normalized spacial score (nSPS) is 11.1. The summed E-state index contributed by atoms with van der Waals surface area (Å²) in [6.45, 7) is 8.66. The fraction of sp³-hybridized carbons (Fsp3) is 0.500. The molecule has 0 saturated carbocycles. The standard InChI is InChI=1S/C12H20N2O/c1-8(2)10-5-11(9(3)4)7-12(6-10)15-14-13/h5-9,14H,13H2,1-4H3. The minimum atomic E-state index is 0.490. The maximum absolute atomic E-state index is 5.14. The molecule has 0 aliphatic rings. The summed E-state index contributed by atoms with van der Waals surface area (Å²) in [6, 6.07) is 6.24. The van der Waals surface area contributed by atoms with Crippen molar-refractivity contribution < 1.29 is 4.84 Å². The van der Waals surface area contributed by atoms with Gasteiger partial charge in [-0.15, -0.1) is 0 Å². The second-order valence-electron chi connectivity index (χ2n) is 4.36. The van der Waals surface area contributed by atoms with Gasteiger partial charge in [-0.2, -0.15) is 0 Å². The Labute approximate surface area is 91.5 Å². The topological polar surface area (TPSA) is 47.3 Å². The number of hydrazine groups is 1. The van der Waals surface area contributed by atoms with Crippen molar-refractivity contribution in [3.8, 4) is 5.75 Å². The van der Waals surface area contributed by atoms with E-state index in [0.29, 0.717) is 11.8 Å². The van der Waals surface area contributed by atoms with Gasteiger partial charge in [-0.25, -0.2) is 5.84 Å². The van der Waals surface area contributed by atoms with Gasteiger partial charge in [-0.05, 0) is 35.1 Å². The Morgan fingerprint density at radius 1 is 1.00 bits per heavy atom. The third-order valence-corrected chi connectivity index (χ3v) is 2.46. The van der Waals surface area contributed by atoms with Gasteiger partial charge < -0.3 is 4.84 Å². The number of rotatable bonds is 4. The molecule has 0 aliphatic heterocycles. The Morgan fingerprint density at radius 3 is 1.80 bits per heavy atom. The van der Waals surface area contributed by atoms with E-state index in [0.717, 1.165) is 5.75 Å². The van der Waals surface area contributed by atoms with Gasteiger partial charge in [-0.3, -0.25) is 0 Å². The molecule has 3 nitrogen and oxygen atoms in total. The van der Waals surface area contributed by atoms with Crippen LogP contribution < -0.4 is 16.3 Å². The summed E-state index contributed by atoms with van der Waals surface area (Å²) in [5.41, 5.74) is 4.76. The van der Waals surface area contributed by atoms with E-state index in [2.05, 4.69) is 39.4 Å². The van der Waals surface area contributed by atoms with Crippen LogP contribution in [0.1, 0.15) is 50.7 Å². The lowest BCUT2D eigenvalue weighted by molar-refractivity contribution is 0.198. The molecule has 3 heteroatoms. The molecule has 0 amide bonds. The van der Waals surface area contributed by atoms with Crippen LogP contribution in [-0.4, -0.2) is 0 Å². The van der Waals surface area contributed by atoms with Gasteiger partial charge in [-0.1, -0.05) is 39.4 Å². The third-order valence-electron chi connectivity index (χ3n) is 2.46. The van der Waals surface area contributed by atoms with Gasteiger partial charge in [0, 0.05) is 0 Å². The maximum Gasteiger partial charge on any atom is 0.149 e. The summed E-state index contributed by atoms with van der Waals surface area (Å²) >= 11 is 0. The molecule has 0 bridgehead atoms. The zero-order chi connectivity index (χ0) is 11.4. The van der Waals surface area contributed by atoms with Gasteiger partial charge in [0.2, 0.25) is 0 Å². The minimum absolute atomic E-state index is 0.490. The summed E-state index contributed by atoms with van der Waals surface area (Å²) < 4.78 is 0. The second-order valence-corrected chi connectivity index (χ2v) is 4.36. The first-order chi connectivity index (χ1) is 7.04. The summed E-state index contributed by atoms with van der Waals surface area (Å²) in [5, 5.41) is 0. The first-order valence-electron chi connectivity index (χ1n) is 5.32. The lowest BCUT2D eigenvalue weighted by Gasteiger charge is -2.13. The molecule has 3 N–H and O–H groups in total. The molecule has 1 aromatic carbocycles. The molecule has 0 aliphatic carbocycles. The molecule has 0 unspecified atom stereocenters. The summed E-state index contributed by atoms with van der Waals surface area (Å²) in [6.07, 6.45) is 0. The highest BCUT2D eigenvalue weighted by molar-refractivity contribution is 5.37. The van der Waals surface area contributed by atoms with Crippen LogP contribution in [0.2, 0.25) is 0 Å². The molecular formula is C12H20N2O. The van der Waals surface area contributed by atoms with Crippen molar-refractivity contribution >= 4 is 0 Å². The van der Waals surface area contributed by atoms with Gasteiger partial charge in [0.1, 0.15) is 5.75 Å². The van der Waals surface area contributed by atoms with Crippen LogP contribution in [-0.2, 0) is 0 Å². The molecule has 1 rings (SSSR count). The van der Waals surface area contributed by atoms with Crippen LogP contribution in [0.3, 0.4) is 0 Å². The van der Waals surface area contributed by atoms with Gasteiger partial charge in [0.15, 0.2) is 0 Å². The van der Waals surface area contributed by atoms with Crippen molar-refractivity contribution in [2.24, 2.45) is 5.84 Å². The highest BCUT2D eigenvalue weighted by Crippen LogP contribution is 2.26. The zero-order valence-corrected chi connectivity index (χ0v) is 9.87. The van der Waals surface area contributed by atoms with Crippen LogP contribution in [0.4, 0.5) is 0 Å². The monoisotopic (exact) mass is 208 g/mol. The highest BCUT2D eigenvalue weighted by Gasteiger charge is 2.07. The van der Waals surface area contributed by atoms with E-state index >= 15 is 0 Å². The van der Waals surface area contributed by atoms with Crippen LogP contribution in [0.5, 0.6) is 5.75 Å². The van der Waals surface area contributed by atoms with Gasteiger partial charge in [0.25, 0.3) is 0 Å². The molecule has 0 atom stereocenters. The minimum Gasteiger partial charge on any atom is -0.394 e. The Hall–Kier alpha value is -1.06. The largest absolute Gasteiger partial charge is 0.394 e. The number of hydrogen-bond donors (Lipinski definition) is 2. The van der Waals surface area contributed by atoms with E-state index in [1.807, 2.05) is 12.1 Å². The molecule has 0 aromatic heterocycles. The Balaban J connectivity index is 3.08. The molecule has 0 fully saturated rings. The lowest BCUT2D eigenvalue weighted by atomic mass is 9.95. The smallest absolute Gasteiger partial charge is 0.149 e. The third kappa shape index (κ3) is 3.22. The first kappa shape index (κ1) is 12.0. The van der Waals surface area contributed by atoms with Crippen LogP contribution >= 0.6 is 0 Å². The Bertz CT molecular complexity index is 295. The van der Waals surface area contributed by atoms with E-state index in [1.54, 1.807) is 0 Å². The lowest BCUT2D eigenvalue weighted by Crippen LogP contribution is -2.26. The van der Waals surface area contributed by atoms with Crippen LogP contribution in [0.25, 0.3) is 0 Å². The zero-order valence-electron chi connectivity index (χ0n) is 9.87. The van der Waals surface area contributed by atoms with Gasteiger partial charge in [0.05, 0.1) is 0 Å². The molecule has 15 heavy (non-hydrogen) atoms. The molecule has 84 valence electrons. The van der Waals surface area contributed by atoms with Crippen molar-refractivity contribution in [1.82, 2.24) is 5.59 Å². The molecule has 1 aromatic rings. The van der Waals surface area contributed by atoms with E-state index in [9.17, 15) is 0 Å². The predicted octanol–water partition coefficient (Wildman–Crippen LogP) is 2.69. The summed E-state index contributed by atoms with van der Waals surface area (Å²) in [7, 11) is 0. The predicted molar refractivity (Wildman–Crippen MR) is 62.6 cm³/mol. The van der Waals surface area contributed by atoms with Crippen molar-refractivity contribution in [2.75, 3.05) is 0 Å². The second kappa shape index (κ2) is 5.14. The highest BCUT2D eigenvalue weighted by atomic mass is 16.7. The Morgan fingerprint density at radius 2 is 1.47 bits per heavy atom. The molecule has 0 radical (unpaired) electrons. The number of nitrogens with two attached hydrogens (primary N) is 1. The van der Waals surface area contributed by atoms with Gasteiger partial charge >= 0.3 is 0 Å². The van der Waals surface area contributed by atoms with Crippen molar-refractivity contribution in [3.63, 3.8) is 0 Å². The van der Waals surface area contributed by atoms with E-state index < -0.39 is 0 Å². The molecular weight excluding hydrogens is 188 g/mol. The number of nitrogens with one attached hydrogen (secondary N) is 1. The van der Waals surface area contributed by atoms with Crippen LogP contribution in [0, 0.1) is 0 Å². The molecule has 0 heterocycles. The maximum atomic E-state index is 5.14. The van der Waals surface area contributed by atoms with E-state index in [-0.39, 0.29) is 0 Å². The number of benzene rings is 1. The van der Waals surface area contributed by atoms with E-state index in [1.165, 1.54) is 11.1 Å². The number of hydrogen-bond acceptors (Lipinski definition) is 3. The van der Waals surface area contributed by atoms with Crippen molar-refractivity contribution in [1.29, 1.82) is 0 Å². The molecule has 0 spiro atoms. The fourth-order valence-electron chi connectivity index (χ4n) is 1.44. The van der Waals surface area contributed by atoms with Crippen molar-refractivity contribution in [2.45, 2.75) is 39.5 Å².